The second kappa shape index (κ2) is 3.39. The first kappa shape index (κ1) is 9.17. The molecular formula is C12H13NO. The fourth-order valence-corrected chi connectivity index (χ4v) is 1.93. The summed E-state index contributed by atoms with van der Waals surface area (Å²) >= 11 is 0. The molecule has 72 valence electrons. The number of hydrogen-bond donors (Lipinski definition) is 0. The maximum atomic E-state index is 10.4. The van der Waals surface area contributed by atoms with Gasteiger partial charge in [0.2, 0.25) is 6.08 Å². The van der Waals surface area contributed by atoms with E-state index in [1.807, 2.05) is 0 Å². The first-order valence-electron chi connectivity index (χ1n) is 4.93. The lowest BCUT2D eigenvalue weighted by Gasteiger charge is -2.37. The molecule has 0 N–H and O–H groups in total. The molecule has 0 amide bonds. The third-order valence-corrected chi connectivity index (χ3v) is 3.03. The van der Waals surface area contributed by atoms with Crippen molar-refractivity contribution in [3.63, 3.8) is 0 Å². The van der Waals surface area contributed by atoms with Gasteiger partial charge in [-0.05, 0) is 31.7 Å². The van der Waals surface area contributed by atoms with Crippen LogP contribution in [0.5, 0.6) is 0 Å². The van der Waals surface area contributed by atoms with E-state index in [-0.39, 0.29) is 5.54 Å². The Balaban J connectivity index is 2.36. The number of aryl methyl sites for hydroxylation is 1. The summed E-state index contributed by atoms with van der Waals surface area (Å²) < 4.78 is 0. The lowest BCUT2D eigenvalue weighted by atomic mass is 9.72. The van der Waals surface area contributed by atoms with Gasteiger partial charge in [0.15, 0.2) is 0 Å². The second-order valence-electron chi connectivity index (χ2n) is 3.95. The van der Waals surface area contributed by atoms with E-state index in [0.29, 0.717) is 0 Å². The first-order chi connectivity index (χ1) is 6.77. The summed E-state index contributed by atoms with van der Waals surface area (Å²) in [5.41, 5.74) is 2.14. The quantitative estimate of drug-likeness (QED) is 0.517. The number of nitrogens with zero attached hydrogens (tertiary/aromatic N) is 1. The van der Waals surface area contributed by atoms with Crippen LogP contribution in [0.25, 0.3) is 0 Å². The van der Waals surface area contributed by atoms with E-state index in [1.165, 1.54) is 5.56 Å². The maximum absolute atomic E-state index is 10.4. The highest BCUT2D eigenvalue weighted by molar-refractivity contribution is 5.40. The van der Waals surface area contributed by atoms with Crippen LogP contribution in [-0.2, 0) is 10.3 Å². The molecular weight excluding hydrogens is 174 g/mol. The molecule has 2 rings (SSSR count). The van der Waals surface area contributed by atoms with Crippen molar-refractivity contribution in [1.82, 2.24) is 0 Å². The Morgan fingerprint density at radius 1 is 1.29 bits per heavy atom. The average molecular weight is 187 g/mol. The smallest absolute Gasteiger partial charge is 0.211 e. The minimum Gasteiger partial charge on any atom is -0.211 e. The Labute approximate surface area is 83.7 Å². The van der Waals surface area contributed by atoms with Gasteiger partial charge in [0, 0.05) is 0 Å². The summed E-state index contributed by atoms with van der Waals surface area (Å²) in [6.45, 7) is 2.06. The Morgan fingerprint density at radius 3 is 2.36 bits per heavy atom. The van der Waals surface area contributed by atoms with Crippen molar-refractivity contribution in [2.45, 2.75) is 31.7 Å². The van der Waals surface area contributed by atoms with Crippen LogP contribution in [-0.4, -0.2) is 6.08 Å². The van der Waals surface area contributed by atoms with Crippen LogP contribution in [0, 0.1) is 6.92 Å². The number of rotatable bonds is 2. The zero-order chi connectivity index (χ0) is 10.0. The Morgan fingerprint density at radius 2 is 1.93 bits per heavy atom. The molecule has 2 heteroatoms. The SMILES string of the molecule is Cc1ccc(C2(N=C=O)CCC2)cc1. The standard InChI is InChI=1S/C12H13NO/c1-10-3-5-11(6-4-10)12(13-9-14)7-2-8-12/h3-6H,2,7-8H2,1H3. The summed E-state index contributed by atoms with van der Waals surface area (Å²) in [4.78, 5) is 14.3. The number of benzene rings is 1. The summed E-state index contributed by atoms with van der Waals surface area (Å²) in [6, 6.07) is 8.26. The van der Waals surface area contributed by atoms with Crippen molar-refractivity contribution in [2.75, 3.05) is 0 Å². The maximum Gasteiger partial charge on any atom is 0.235 e. The number of isocyanates is 1. The molecule has 1 fully saturated rings. The van der Waals surface area contributed by atoms with Gasteiger partial charge in [0.1, 0.15) is 0 Å². The molecule has 1 saturated carbocycles. The van der Waals surface area contributed by atoms with Crippen molar-refractivity contribution in [3.05, 3.63) is 35.4 Å². The fraction of sp³-hybridized carbons (Fsp3) is 0.417. The molecule has 1 aliphatic carbocycles. The van der Waals surface area contributed by atoms with Gasteiger partial charge < -0.3 is 0 Å². The van der Waals surface area contributed by atoms with Crippen molar-refractivity contribution in [2.24, 2.45) is 4.99 Å². The molecule has 2 nitrogen and oxygen atoms in total. The van der Waals surface area contributed by atoms with Crippen LogP contribution in [0.4, 0.5) is 0 Å². The van der Waals surface area contributed by atoms with Crippen LogP contribution >= 0.6 is 0 Å². The second-order valence-corrected chi connectivity index (χ2v) is 3.95. The molecule has 0 radical (unpaired) electrons. The van der Waals surface area contributed by atoms with Crippen LogP contribution in [0.15, 0.2) is 29.3 Å². The number of hydrogen-bond acceptors (Lipinski definition) is 2. The van der Waals surface area contributed by atoms with E-state index in [0.717, 1.165) is 24.8 Å². The minimum atomic E-state index is -0.241. The number of aliphatic imine (C=N–C) groups is 1. The molecule has 0 unspecified atom stereocenters. The van der Waals surface area contributed by atoms with E-state index in [9.17, 15) is 4.79 Å². The van der Waals surface area contributed by atoms with Crippen LogP contribution < -0.4 is 0 Å². The Hall–Kier alpha value is -1.40. The molecule has 1 aliphatic rings. The Bertz CT molecular complexity index is 370. The predicted octanol–water partition coefficient (Wildman–Crippen LogP) is 2.71. The largest absolute Gasteiger partial charge is 0.235 e. The van der Waals surface area contributed by atoms with Gasteiger partial charge in [-0.2, -0.15) is 4.99 Å². The van der Waals surface area contributed by atoms with E-state index < -0.39 is 0 Å². The van der Waals surface area contributed by atoms with Gasteiger partial charge in [-0.25, -0.2) is 4.79 Å². The van der Waals surface area contributed by atoms with Gasteiger partial charge in [0.05, 0.1) is 5.54 Å². The molecule has 0 bridgehead atoms. The van der Waals surface area contributed by atoms with Gasteiger partial charge in [-0.1, -0.05) is 29.8 Å². The molecule has 0 aliphatic heterocycles. The van der Waals surface area contributed by atoms with Crippen LogP contribution in [0.3, 0.4) is 0 Å². The third kappa shape index (κ3) is 1.38. The van der Waals surface area contributed by atoms with Crippen molar-refractivity contribution >= 4 is 6.08 Å². The zero-order valence-electron chi connectivity index (χ0n) is 8.29. The first-order valence-corrected chi connectivity index (χ1v) is 4.93. The van der Waals surface area contributed by atoms with Crippen LogP contribution in [0.1, 0.15) is 30.4 Å². The molecule has 0 heterocycles. The highest BCUT2D eigenvalue weighted by atomic mass is 16.1. The molecule has 0 saturated heterocycles. The van der Waals surface area contributed by atoms with Gasteiger partial charge >= 0.3 is 0 Å². The topological polar surface area (TPSA) is 29.4 Å². The van der Waals surface area contributed by atoms with E-state index in [4.69, 9.17) is 0 Å². The van der Waals surface area contributed by atoms with Crippen LogP contribution in [0.2, 0.25) is 0 Å². The van der Waals surface area contributed by atoms with Crippen molar-refractivity contribution in [1.29, 1.82) is 0 Å². The summed E-state index contributed by atoms with van der Waals surface area (Å²) in [5.74, 6) is 0. The Kier molecular flexibility index (Phi) is 2.22. The number of carbonyl (C=O) groups excluding carboxylic acids is 1. The fourth-order valence-electron chi connectivity index (χ4n) is 1.93. The zero-order valence-corrected chi connectivity index (χ0v) is 8.29. The third-order valence-electron chi connectivity index (χ3n) is 3.03. The van der Waals surface area contributed by atoms with E-state index in [2.05, 4.69) is 36.2 Å². The molecule has 1 aromatic rings. The van der Waals surface area contributed by atoms with Crippen molar-refractivity contribution < 1.29 is 4.79 Å². The molecule has 0 atom stereocenters. The summed E-state index contributed by atoms with van der Waals surface area (Å²) in [7, 11) is 0. The van der Waals surface area contributed by atoms with Gasteiger partial charge in [0.25, 0.3) is 0 Å². The lowest BCUT2D eigenvalue weighted by molar-refractivity contribution is 0.256. The summed E-state index contributed by atoms with van der Waals surface area (Å²) in [5, 5.41) is 0. The van der Waals surface area contributed by atoms with Gasteiger partial charge in [-0.3, -0.25) is 0 Å². The monoisotopic (exact) mass is 187 g/mol. The highest BCUT2D eigenvalue weighted by Gasteiger charge is 2.38. The normalized spacial score (nSPS) is 18.1. The molecule has 1 aromatic carbocycles. The molecule has 14 heavy (non-hydrogen) atoms. The molecule has 0 aromatic heterocycles. The lowest BCUT2D eigenvalue weighted by Crippen LogP contribution is -2.31. The van der Waals surface area contributed by atoms with E-state index in [1.54, 1.807) is 6.08 Å². The highest BCUT2D eigenvalue weighted by Crippen LogP contribution is 2.44. The predicted molar refractivity (Wildman–Crippen MR) is 54.8 cm³/mol. The van der Waals surface area contributed by atoms with Crippen molar-refractivity contribution in [3.8, 4) is 0 Å². The minimum absolute atomic E-state index is 0.241. The average Bonchev–Trinajstić information content (AvgIpc) is 2.13. The molecule has 0 spiro atoms. The van der Waals surface area contributed by atoms with Gasteiger partial charge in [-0.15, -0.1) is 0 Å². The summed E-state index contributed by atoms with van der Waals surface area (Å²) in [6.07, 6.45) is 4.81. The van der Waals surface area contributed by atoms with E-state index >= 15 is 0 Å².